The van der Waals surface area contributed by atoms with Gasteiger partial charge in [0, 0.05) is 24.8 Å². The Morgan fingerprint density at radius 3 is 2.42 bits per heavy atom. The fraction of sp³-hybridized carbons (Fsp3) is 0.300. The van der Waals surface area contributed by atoms with E-state index in [-0.39, 0.29) is 21.9 Å². The van der Waals surface area contributed by atoms with Crippen molar-refractivity contribution < 1.29 is 36.3 Å². The van der Waals surface area contributed by atoms with E-state index in [4.69, 9.17) is 9.47 Å². The highest BCUT2D eigenvalue weighted by molar-refractivity contribution is 7.89. The topological polar surface area (TPSA) is 102 Å². The zero-order valence-corrected chi connectivity index (χ0v) is 17.4. The number of benzene rings is 2. The highest BCUT2D eigenvalue weighted by Gasteiger charge is 2.31. The highest BCUT2D eigenvalue weighted by Crippen LogP contribution is 2.30. The van der Waals surface area contributed by atoms with E-state index in [2.05, 4.69) is 5.32 Å². The number of rotatable bonds is 7. The Balaban J connectivity index is 1.70. The van der Waals surface area contributed by atoms with Crippen LogP contribution in [-0.4, -0.2) is 51.4 Å². The van der Waals surface area contributed by atoms with Gasteiger partial charge in [0.2, 0.25) is 10.0 Å². The summed E-state index contributed by atoms with van der Waals surface area (Å²) in [5.74, 6) is -3.83. The molecule has 1 N–H and O–H groups in total. The van der Waals surface area contributed by atoms with Crippen molar-refractivity contribution in [2.24, 2.45) is 0 Å². The van der Waals surface area contributed by atoms with Gasteiger partial charge in [-0.05, 0) is 43.2 Å². The monoisotopic (exact) mass is 454 g/mol. The number of carbonyl (C=O) groups is 2. The molecule has 1 aliphatic heterocycles. The fourth-order valence-corrected chi connectivity index (χ4v) is 4.76. The molecule has 0 unspecified atom stereocenters. The molecule has 8 nitrogen and oxygen atoms in total. The molecule has 1 heterocycles. The van der Waals surface area contributed by atoms with Gasteiger partial charge in [-0.25, -0.2) is 22.0 Å². The number of hydrogen-bond acceptors (Lipinski definition) is 6. The molecule has 0 aliphatic carbocycles. The first-order valence-electron chi connectivity index (χ1n) is 9.32. The molecule has 0 saturated carbocycles. The van der Waals surface area contributed by atoms with Crippen molar-refractivity contribution in [1.82, 2.24) is 4.31 Å². The maximum atomic E-state index is 13.2. The SMILES string of the molecule is COc1ccc(C(=O)OCC(=O)Nc2ccc(F)c(F)c2)cc1S(=O)(=O)N1CCCC1. The van der Waals surface area contributed by atoms with Crippen LogP contribution in [0.5, 0.6) is 5.75 Å². The van der Waals surface area contributed by atoms with Gasteiger partial charge < -0.3 is 14.8 Å². The number of esters is 1. The molecule has 3 rings (SSSR count). The first-order valence-corrected chi connectivity index (χ1v) is 10.8. The summed E-state index contributed by atoms with van der Waals surface area (Å²) >= 11 is 0. The first-order chi connectivity index (χ1) is 14.7. The summed E-state index contributed by atoms with van der Waals surface area (Å²) in [4.78, 5) is 24.1. The van der Waals surface area contributed by atoms with Crippen LogP contribution >= 0.6 is 0 Å². The van der Waals surface area contributed by atoms with Crippen molar-refractivity contribution in [2.45, 2.75) is 17.7 Å². The summed E-state index contributed by atoms with van der Waals surface area (Å²) < 4.78 is 63.3. The van der Waals surface area contributed by atoms with Gasteiger partial charge in [-0.1, -0.05) is 0 Å². The Morgan fingerprint density at radius 2 is 1.77 bits per heavy atom. The lowest BCUT2D eigenvalue weighted by molar-refractivity contribution is -0.119. The maximum Gasteiger partial charge on any atom is 0.338 e. The van der Waals surface area contributed by atoms with E-state index in [1.54, 1.807) is 0 Å². The van der Waals surface area contributed by atoms with Crippen LogP contribution in [0.4, 0.5) is 14.5 Å². The van der Waals surface area contributed by atoms with E-state index < -0.39 is 40.1 Å². The van der Waals surface area contributed by atoms with E-state index >= 15 is 0 Å². The molecule has 0 aromatic heterocycles. The number of nitrogens with one attached hydrogen (secondary N) is 1. The lowest BCUT2D eigenvalue weighted by Crippen LogP contribution is -2.28. The zero-order valence-electron chi connectivity index (χ0n) is 16.6. The van der Waals surface area contributed by atoms with Crippen LogP contribution in [0, 0.1) is 11.6 Å². The standard InChI is InChI=1S/C20H20F2N2O6S/c1-29-17-7-4-13(10-18(17)31(27,28)24-8-2-3-9-24)20(26)30-12-19(25)23-14-5-6-15(21)16(22)11-14/h4-7,10-11H,2-3,8-9,12H2,1H3,(H,23,25). The Kier molecular flexibility index (Phi) is 6.86. The van der Waals surface area contributed by atoms with Crippen molar-refractivity contribution in [1.29, 1.82) is 0 Å². The second kappa shape index (κ2) is 9.40. The number of ether oxygens (including phenoxy) is 2. The molecule has 0 atom stereocenters. The maximum absolute atomic E-state index is 13.2. The van der Waals surface area contributed by atoms with Crippen LogP contribution in [0.3, 0.4) is 0 Å². The predicted molar refractivity (Wildman–Crippen MR) is 106 cm³/mol. The summed E-state index contributed by atoms with van der Waals surface area (Å²) in [7, 11) is -2.54. The van der Waals surface area contributed by atoms with Gasteiger partial charge in [0.05, 0.1) is 12.7 Å². The van der Waals surface area contributed by atoms with Crippen molar-refractivity contribution in [3.63, 3.8) is 0 Å². The largest absolute Gasteiger partial charge is 0.495 e. The molecular formula is C20H20F2N2O6S. The third-order valence-corrected chi connectivity index (χ3v) is 6.54. The van der Waals surface area contributed by atoms with Crippen LogP contribution in [0.1, 0.15) is 23.2 Å². The third kappa shape index (κ3) is 5.17. The summed E-state index contributed by atoms with van der Waals surface area (Å²) in [6.45, 7) is 0.0483. The average molecular weight is 454 g/mol. The molecule has 2 aromatic carbocycles. The molecule has 31 heavy (non-hydrogen) atoms. The molecule has 0 radical (unpaired) electrons. The first kappa shape index (κ1) is 22.6. The van der Waals surface area contributed by atoms with E-state index in [9.17, 15) is 26.8 Å². The van der Waals surface area contributed by atoms with Gasteiger partial charge in [-0.15, -0.1) is 0 Å². The molecule has 0 bridgehead atoms. The minimum Gasteiger partial charge on any atom is -0.495 e. The molecule has 166 valence electrons. The lowest BCUT2D eigenvalue weighted by atomic mass is 10.2. The molecule has 2 aromatic rings. The Hall–Kier alpha value is -3.05. The third-order valence-electron chi connectivity index (χ3n) is 4.62. The minimum atomic E-state index is -3.86. The van der Waals surface area contributed by atoms with Gasteiger partial charge >= 0.3 is 5.97 Å². The summed E-state index contributed by atoms with van der Waals surface area (Å²) in [6.07, 6.45) is 1.49. The zero-order chi connectivity index (χ0) is 22.6. The molecule has 11 heteroatoms. The summed E-state index contributed by atoms with van der Waals surface area (Å²) in [5.41, 5.74) is -0.0948. The number of amides is 1. The van der Waals surface area contributed by atoms with E-state index in [0.29, 0.717) is 13.1 Å². The van der Waals surface area contributed by atoms with Crippen molar-refractivity contribution in [3.05, 3.63) is 53.6 Å². The van der Waals surface area contributed by atoms with E-state index in [1.807, 2.05) is 0 Å². The summed E-state index contributed by atoms with van der Waals surface area (Å²) in [5, 5.41) is 2.26. The van der Waals surface area contributed by atoms with Gasteiger partial charge in [0.1, 0.15) is 10.6 Å². The summed E-state index contributed by atoms with van der Waals surface area (Å²) in [6, 6.07) is 6.57. The molecule has 1 fully saturated rings. The van der Waals surface area contributed by atoms with Crippen LogP contribution in [0.25, 0.3) is 0 Å². The van der Waals surface area contributed by atoms with Gasteiger partial charge in [0.15, 0.2) is 18.2 Å². The Labute approximate surface area is 177 Å². The number of carbonyl (C=O) groups excluding carboxylic acids is 2. The predicted octanol–water partition coefficient (Wildman–Crippen LogP) is 2.55. The Bertz CT molecular complexity index is 1100. The number of anilines is 1. The molecule has 1 amide bonds. The quantitative estimate of drug-likeness (QED) is 0.646. The van der Waals surface area contributed by atoms with Crippen LogP contribution in [0.2, 0.25) is 0 Å². The van der Waals surface area contributed by atoms with Crippen LogP contribution in [-0.2, 0) is 19.6 Å². The van der Waals surface area contributed by atoms with E-state index in [1.165, 1.54) is 23.5 Å². The molecule has 1 aliphatic rings. The smallest absolute Gasteiger partial charge is 0.338 e. The van der Waals surface area contributed by atoms with Gasteiger partial charge in [0.25, 0.3) is 5.91 Å². The number of nitrogens with zero attached hydrogens (tertiary/aromatic N) is 1. The van der Waals surface area contributed by atoms with Crippen LogP contribution in [0.15, 0.2) is 41.3 Å². The van der Waals surface area contributed by atoms with Crippen LogP contribution < -0.4 is 10.1 Å². The molecule has 0 spiro atoms. The van der Waals surface area contributed by atoms with Crippen molar-refractivity contribution >= 4 is 27.6 Å². The number of halogens is 2. The highest BCUT2D eigenvalue weighted by atomic mass is 32.2. The second-order valence-corrected chi connectivity index (χ2v) is 8.64. The number of methoxy groups -OCH3 is 1. The fourth-order valence-electron chi connectivity index (χ4n) is 3.06. The Morgan fingerprint density at radius 1 is 1.06 bits per heavy atom. The minimum absolute atomic E-state index is 0.0108. The molecular weight excluding hydrogens is 434 g/mol. The second-order valence-electron chi connectivity index (χ2n) is 6.73. The average Bonchev–Trinajstić information content (AvgIpc) is 3.30. The number of hydrogen-bond donors (Lipinski definition) is 1. The van der Waals surface area contributed by atoms with E-state index in [0.717, 1.165) is 37.1 Å². The lowest BCUT2D eigenvalue weighted by Gasteiger charge is -2.18. The van der Waals surface area contributed by atoms with Gasteiger partial charge in [-0.2, -0.15) is 4.31 Å². The van der Waals surface area contributed by atoms with Crippen molar-refractivity contribution in [2.75, 3.05) is 32.1 Å². The molecule has 1 saturated heterocycles. The normalized spacial score (nSPS) is 14.3. The van der Waals surface area contributed by atoms with Gasteiger partial charge in [-0.3, -0.25) is 4.79 Å². The number of sulfonamides is 1. The van der Waals surface area contributed by atoms with Crippen molar-refractivity contribution in [3.8, 4) is 5.75 Å².